The smallest absolute Gasteiger partial charge is 0.204 e. The van der Waals surface area contributed by atoms with Crippen molar-refractivity contribution in [1.82, 2.24) is 15.2 Å². The topological polar surface area (TPSA) is 89.8 Å². The Morgan fingerprint density at radius 3 is 2.43 bits per heavy atom. The number of ether oxygens (including phenoxy) is 3. The normalized spacial score (nSPS) is 15.8. The van der Waals surface area contributed by atoms with Crippen LogP contribution in [0.4, 0.5) is 5.82 Å². The number of piperidine rings is 1. The number of aromatic nitrogens is 3. The van der Waals surface area contributed by atoms with Gasteiger partial charge in [0, 0.05) is 30.9 Å². The molecule has 0 aliphatic carbocycles. The second kappa shape index (κ2) is 8.71. The Balaban J connectivity index is 1.62. The van der Waals surface area contributed by atoms with Crippen LogP contribution in [0.5, 0.6) is 17.2 Å². The van der Waals surface area contributed by atoms with Gasteiger partial charge < -0.3 is 24.2 Å². The van der Waals surface area contributed by atoms with Gasteiger partial charge in [-0.25, -0.2) is 0 Å². The molecule has 1 fully saturated rings. The van der Waals surface area contributed by atoms with Crippen LogP contribution in [0.15, 0.2) is 36.8 Å². The first-order valence-corrected chi connectivity index (χ1v) is 9.95. The Kier molecular flexibility index (Phi) is 5.85. The lowest BCUT2D eigenvalue weighted by Crippen LogP contribution is -2.36. The van der Waals surface area contributed by atoms with Gasteiger partial charge in [0.25, 0.3) is 0 Å². The SMILES string of the molecule is COc1cc2c(N3CCC(C(O)c4cccnc4)CC3)nncc2c(OC)c1OC. The highest BCUT2D eigenvalue weighted by molar-refractivity contribution is 5.99. The predicted octanol–water partition coefficient (Wildman–Crippen LogP) is 3.00. The summed E-state index contributed by atoms with van der Waals surface area (Å²) in [6.45, 7) is 1.54. The third kappa shape index (κ3) is 3.59. The number of methoxy groups -OCH3 is 3. The van der Waals surface area contributed by atoms with E-state index in [9.17, 15) is 5.11 Å². The average Bonchev–Trinajstić information content (AvgIpc) is 2.82. The summed E-state index contributed by atoms with van der Waals surface area (Å²) in [7, 11) is 4.78. The van der Waals surface area contributed by atoms with Gasteiger partial charge in [-0.1, -0.05) is 6.07 Å². The van der Waals surface area contributed by atoms with Crippen molar-refractivity contribution in [3.8, 4) is 17.2 Å². The first-order valence-electron chi connectivity index (χ1n) is 9.95. The third-order valence-corrected chi connectivity index (χ3v) is 5.76. The molecule has 158 valence electrons. The van der Waals surface area contributed by atoms with Gasteiger partial charge in [0.1, 0.15) is 0 Å². The van der Waals surface area contributed by atoms with Crippen molar-refractivity contribution in [2.75, 3.05) is 39.3 Å². The maximum atomic E-state index is 10.7. The molecule has 1 saturated heterocycles. The molecular formula is C22H26N4O4. The fraction of sp³-hybridized carbons (Fsp3) is 0.409. The highest BCUT2D eigenvalue weighted by Crippen LogP contribution is 2.45. The van der Waals surface area contributed by atoms with E-state index >= 15 is 0 Å². The zero-order valence-corrected chi connectivity index (χ0v) is 17.4. The number of nitrogens with zero attached hydrogens (tertiary/aromatic N) is 4. The summed E-state index contributed by atoms with van der Waals surface area (Å²) in [6.07, 6.45) is 6.31. The van der Waals surface area contributed by atoms with Crippen LogP contribution in [0.25, 0.3) is 10.8 Å². The summed E-state index contributed by atoms with van der Waals surface area (Å²) >= 11 is 0. The first-order chi connectivity index (χ1) is 14.7. The Morgan fingerprint density at radius 1 is 1.03 bits per heavy atom. The van der Waals surface area contributed by atoms with Crippen LogP contribution in [0, 0.1) is 5.92 Å². The van der Waals surface area contributed by atoms with E-state index in [-0.39, 0.29) is 5.92 Å². The van der Waals surface area contributed by atoms with Gasteiger partial charge in [-0.15, -0.1) is 5.10 Å². The average molecular weight is 410 g/mol. The molecule has 1 atom stereocenters. The zero-order chi connectivity index (χ0) is 21.1. The largest absolute Gasteiger partial charge is 0.493 e. The molecule has 1 aliphatic rings. The van der Waals surface area contributed by atoms with Crippen LogP contribution >= 0.6 is 0 Å². The van der Waals surface area contributed by atoms with E-state index in [0.29, 0.717) is 17.2 Å². The van der Waals surface area contributed by atoms with Crippen LogP contribution in [0.2, 0.25) is 0 Å². The lowest BCUT2D eigenvalue weighted by atomic mass is 9.88. The molecule has 8 heteroatoms. The van der Waals surface area contributed by atoms with Crippen molar-refractivity contribution in [2.24, 2.45) is 5.92 Å². The van der Waals surface area contributed by atoms with Gasteiger partial charge in [0.05, 0.1) is 39.0 Å². The summed E-state index contributed by atoms with van der Waals surface area (Å²) < 4.78 is 16.6. The molecule has 1 unspecified atom stereocenters. The molecular weight excluding hydrogens is 384 g/mol. The molecule has 1 aliphatic heterocycles. The molecule has 2 aromatic heterocycles. The number of fused-ring (bicyclic) bond motifs is 1. The number of rotatable bonds is 6. The van der Waals surface area contributed by atoms with E-state index in [0.717, 1.165) is 48.1 Å². The second-order valence-electron chi connectivity index (χ2n) is 7.33. The predicted molar refractivity (Wildman–Crippen MR) is 113 cm³/mol. The van der Waals surface area contributed by atoms with E-state index in [1.54, 1.807) is 39.9 Å². The van der Waals surface area contributed by atoms with Gasteiger partial charge in [-0.2, -0.15) is 5.10 Å². The number of pyridine rings is 1. The molecule has 30 heavy (non-hydrogen) atoms. The van der Waals surface area contributed by atoms with Crippen molar-refractivity contribution >= 4 is 16.6 Å². The summed E-state index contributed by atoms with van der Waals surface area (Å²) in [4.78, 5) is 6.32. The van der Waals surface area contributed by atoms with Gasteiger partial charge in [-0.3, -0.25) is 4.98 Å². The summed E-state index contributed by atoms with van der Waals surface area (Å²) in [6, 6.07) is 5.69. The van der Waals surface area contributed by atoms with Crippen molar-refractivity contribution in [1.29, 1.82) is 0 Å². The van der Waals surface area contributed by atoms with Gasteiger partial charge in [0.15, 0.2) is 17.3 Å². The van der Waals surface area contributed by atoms with Crippen LogP contribution in [-0.2, 0) is 0 Å². The van der Waals surface area contributed by atoms with Gasteiger partial charge in [0.2, 0.25) is 5.75 Å². The Hall–Kier alpha value is -3.13. The summed E-state index contributed by atoms with van der Waals surface area (Å²) in [5.74, 6) is 2.64. The molecule has 3 heterocycles. The van der Waals surface area contributed by atoms with Crippen molar-refractivity contribution in [3.05, 3.63) is 42.4 Å². The first kappa shape index (κ1) is 20.2. The number of aliphatic hydroxyl groups is 1. The van der Waals surface area contributed by atoms with E-state index in [4.69, 9.17) is 14.2 Å². The molecule has 1 N–H and O–H groups in total. The molecule has 0 amide bonds. The maximum Gasteiger partial charge on any atom is 0.204 e. The monoisotopic (exact) mass is 410 g/mol. The second-order valence-corrected chi connectivity index (χ2v) is 7.33. The molecule has 4 rings (SSSR count). The van der Waals surface area contributed by atoms with Crippen LogP contribution in [0.3, 0.4) is 0 Å². The Bertz CT molecular complexity index is 1010. The lowest BCUT2D eigenvalue weighted by molar-refractivity contribution is 0.0926. The fourth-order valence-electron chi connectivity index (χ4n) is 4.17. The number of hydrogen-bond donors (Lipinski definition) is 1. The summed E-state index contributed by atoms with van der Waals surface area (Å²) in [5.41, 5.74) is 0.863. The molecule has 0 bridgehead atoms. The molecule has 0 radical (unpaired) electrons. The van der Waals surface area contributed by atoms with Crippen LogP contribution in [-0.4, -0.2) is 54.7 Å². The quantitative estimate of drug-likeness (QED) is 0.663. The molecule has 0 saturated carbocycles. The van der Waals surface area contributed by atoms with E-state index in [2.05, 4.69) is 20.1 Å². The minimum absolute atomic E-state index is 0.178. The lowest BCUT2D eigenvalue weighted by Gasteiger charge is -2.35. The minimum Gasteiger partial charge on any atom is -0.493 e. The van der Waals surface area contributed by atoms with Gasteiger partial charge >= 0.3 is 0 Å². The molecule has 8 nitrogen and oxygen atoms in total. The number of benzene rings is 1. The molecule has 1 aromatic carbocycles. The Labute approximate surface area is 175 Å². The van der Waals surface area contributed by atoms with Crippen molar-refractivity contribution < 1.29 is 19.3 Å². The summed E-state index contributed by atoms with van der Waals surface area (Å²) in [5, 5.41) is 21.1. The van der Waals surface area contributed by atoms with Crippen LogP contribution < -0.4 is 19.1 Å². The van der Waals surface area contributed by atoms with E-state index in [1.807, 2.05) is 18.2 Å². The number of anilines is 1. The van der Waals surface area contributed by atoms with Crippen LogP contribution in [0.1, 0.15) is 24.5 Å². The van der Waals surface area contributed by atoms with E-state index < -0.39 is 6.10 Å². The number of aliphatic hydroxyl groups excluding tert-OH is 1. The third-order valence-electron chi connectivity index (χ3n) is 5.76. The highest BCUT2D eigenvalue weighted by Gasteiger charge is 2.29. The standard InChI is InChI=1S/C22H26N4O4/c1-28-18-11-16-17(20(29-2)21(18)30-3)13-24-25-22(16)26-9-6-14(7-10-26)19(27)15-5-4-8-23-12-15/h4-5,8,11-14,19,27H,6-7,9-10H2,1-3H3. The minimum atomic E-state index is -0.510. The molecule has 3 aromatic rings. The van der Waals surface area contributed by atoms with Crippen molar-refractivity contribution in [2.45, 2.75) is 18.9 Å². The maximum absolute atomic E-state index is 10.7. The van der Waals surface area contributed by atoms with Gasteiger partial charge in [-0.05, 0) is 36.5 Å². The molecule has 0 spiro atoms. The van der Waals surface area contributed by atoms with E-state index in [1.165, 1.54) is 0 Å². The highest BCUT2D eigenvalue weighted by atomic mass is 16.5. The van der Waals surface area contributed by atoms with Crippen molar-refractivity contribution in [3.63, 3.8) is 0 Å². The Morgan fingerprint density at radius 2 is 1.80 bits per heavy atom. The number of hydrogen-bond acceptors (Lipinski definition) is 8. The zero-order valence-electron chi connectivity index (χ0n) is 17.4. The fourth-order valence-corrected chi connectivity index (χ4v) is 4.17.